The van der Waals surface area contributed by atoms with Gasteiger partial charge in [-0.25, -0.2) is 13.1 Å². The van der Waals surface area contributed by atoms with Gasteiger partial charge < -0.3 is 5.11 Å². The van der Waals surface area contributed by atoms with Crippen LogP contribution in [0, 0.1) is 13.8 Å². The number of aryl methyl sites for hydroxylation is 2. The molecule has 1 aromatic rings. The van der Waals surface area contributed by atoms with Gasteiger partial charge in [0.2, 0.25) is 10.0 Å². The predicted molar refractivity (Wildman–Crippen MR) is 69.3 cm³/mol. The molecule has 0 bridgehead atoms. The van der Waals surface area contributed by atoms with Gasteiger partial charge in [-0.1, -0.05) is 6.92 Å². The summed E-state index contributed by atoms with van der Waals surface area (Å²) in [5, 5.41) is 12.8. The average molecular weight is 289 g/mol. The van der Waals surface area contributed by atoms with Gasteiger partial charge in [0.15, 0.2) is 0 Å². The molecule has 0 aliphatic carbocycles. The highest BCUT2D eigenvalue weighted by Gasteiger charge is 2.26. The topological polar surface area (TPSA) is 101 Å². The fourth-order valence-electron chi connectivity index (χ4n) is 1.90. The molecule has 0 radical (unpaired) electrons. The third-order valence-corrected chi connectivity index (χ3v) is 4.72. The third-order valence-electron chi connectivity index (χ3n) is 2.95. The van der Waals surface area contributed by atoms with Crippen LogP contribution in [0.2, 0.25) is 0 Å². The molecule has 0 aliphatic rings. The molecule has 0 saturated carbocycles. The van der Waals surface area contributed by atoms with Crippen molar-refractivity contribution in [2.24, 2.45) is 7.05 Å². The van der Waals surface area contributed by atoms with Crippen LogP contribution in [0.4, 0.5) is 0 Å². The Kier molecular flexibility index (Phi) is 4.70. The van der Waals surface area contributed by atoms with Crippen LogP contribution in [0.5, 0.6) is 0 Å². The Balaban J connectivity index is 3.07. The summed E-state index contributed by atoms with van der Waals surface area (Å²) in [5.41, 5.74) is 0.924. The fraction of sp³-hybridized carbons (Fsp3) is 0.636. The number of carbonyl (C=O) groups is 1. The van der Waals surface area contributed by atoms with Gasteiger partial charge in [0.1, 0.15) is 4.90 Å². The standard InChI is InChI=1S/C11H19N3O4S/c1-5-9(6-10(15)16)13-19(17,18)11-7(2)12-14(4)8(11)3/h9,13H,5-6H2,1-4H3,(H,15,16). The third kappa shape index (κ3) is 3.54. The quantitative estimate of drug-likeness (QED) is 0.797. The van der Waals surface area contributed by atoms with E-state index in [4.69, 9.17) is 5.11 Å². The number of rotatable bonds is 6. The van der Waals surface area contributed by atoms with E-state index in [9.17, 15) is 13.2 Å². The highest BCUT2D eigenvalue weighted by atomic mass is 32.2. The molecule has 19 heavy (non-hydrogen) atoms. The normalized spacial score (nSPS) is 13.5. The van der Waals surface area contributed by atoms with E-state index in [2.05, 4.69) is 9.82 Å². The van der Waals surface area contributed by atoms with E-state index < -0.39 is 22.0 Å². The maximum absolute atomic E-state index is 12.3. The maximum atomic E-state index is 12.3. The van der Waals surface area contributed by atoms with Gasteiger partial charge >= 0.3 is 5.97 Å². The molecular weight excluding hydrogens is 270 g/mol. The molecule has 1 rings (SSSR count). The lowest BCUT2D eigenvalue weighted by Crippen LogP contribution is -2.36. The zero-order chi connectivity index (χ0) is 14.8. The van der Waals surface area contributed by atoms with Crippen molar-refractivity contribution >= 4 is 16.0 Å². The molecule has 0 aromatic carbocycles. The molecule has 1 unspecified atom stereocenters. The molecule has 1 heterocycles. The molecule has 8 heteroatoms. The summed E-state index contributed by atoms with van der Waals surface area (Å²) in [4.78, 5) is 10.8. The van der Waals surface area contributed by atoms with E-state index in [1.807, 2.05) is 0 Å². The Morgan fingerprint density at radius 1 is 1.47 bits per heavy atom. The van der Waals surface area contributed by atoms with Gasteiger partial charge in [-0.05, 0) is 20.3 Å². The highest BCUT2D eigenvalue weighted by molar-refractivity contribution is 7.89. The number of hydrogen-bond donors (Lipinski definition) is 2. The predicted octanol–water partition coefficient (Wildman–Crippen LogP) is 0.569. The van der Waals surface area contributed by atoms with Gasteiger partial charge in [-0.2, -0.15) is 5.10 Å². The molecule has 108 valence electrons. The van der Waals surface area contributed by atoms with Gasteiger partial charge in [-0.3, -0.25) is 9.48 Å². The van der Waals surface area contributed by atoms with E-state index in [0.29, 0.717) is 17.8 Å². The second-order valence-electron chi connectivity index (χ2n) is 4.45. The molecule has 0 saturated heterocycles. The largest absolute Gasteiger partial charge is 0.481 e. The van der Waals surface area contributed by atoms with Crippen LogP contribution in [0.1, 0.15) is 31.2 Å². The van der Waals surface area contributed by atoms with Crippen molar-refractivity contribution < 1.29 is 18.3 Å². The first kappa shape index (κ1) is 15.6. The van der Waals surface area contributed by atoms with Crippen molar-refractivity contribution in [1.82, 2.24) is 14.5 Å². The van der Waals surface area contributed by atoms with Crippen LogP contribution in [0.3, 0.4) is 0 Å². The monoisotopic (exact) mass is 289 g/mol. The van der Waals surface area contributed by atoms with Crippen LogP contribution in [0.25, 0.3) is 0 Å². The number of carboxylic acid groups (broad SMARTS) is 1. The second-order valence-corrected chi connectivity index (χ2v) is 6.10. The van der Waals surface area contributed by atoms with Crippen molar-refractivity contribution in [2.45, 2.75) is 44.6 Å². The summed E-state index contributed by atoms with van der Waals surface area (Å²) in [6.07, 6.45) is 0.165. The maximum Gasteiger partial charge on any atom is 0.304 e. The number of carboxylic acids is 1. The van der Waals surface area contributed by atoms with Gasteiger partial charge in [0, 0.05) is 13.1 Å². The Bertz CT molecular complexity index is 577. The fourth-order valence-corrected chi connectivity index (χ4v) is 3.66. The number of aliphatic carboxylic acids is 1. The van der Waals surface area contributed by atoms with Crippen LogP contribution in [-0.2, 0) is 21.9 Å². The number of sulfonamides is 1. The van der Waals surface area contributed by atoms with Crippen molar-refractivity contribution in [3.8, 4) is 0 Å². The van der Waals surface area contributed by atoms with Gasteiger partial charge in [0.25, 0.3) is 0 Å². The Labute approximate surface area is 112 Å². The Hall–Kier alpha value is -1.41. The molecule has 0 aliphatic heterocycles. The lowest BCUT2D eigenvalue weighted by molar-refractivity contribution is -0.137. The van der Waals surface area contributed by atoms with E-state index in [1.54, 1.807) is 27.8 Å². The van der Waals surface area contributed by atoms with Crippen molar-refractivity contribution in [3.63, 3.8) is 0 Å². The highest BCUT2D eigenvalue weighted by Crippen LogP contribution is 2.19. The van der Waals surface area contributed by atoms with Crippen molar-refractivity contribution in [1.29, 1.82) is 0 Å². The van der Waals surface area contributed by atoms with E-state index >= 15 is 0 Å². The lowest BCUT2D eigenvalue weighted by Gasteiger charge is -2.15. The first-order chi connectivity index (χ1) is 8.69. The summed E-state index contributed by atoms with van der Waals surface area (Å²) in [6, 6.07) is -0.624. The minimum absolute atomic E-state index is 0.124. The molecule has 1 aromatic heterocycles. The van der Waals surface area contributed by atoms with Gasteiger partial charge in [0.05, 0.1) is 17.8 Å². The molecule has 2 N–H and O–H groups in total. The molecule has 1 atom stereocenters. The molecule has 0 fully saturated rings. The van der Waals surface area contributed by atoms with E-state index in [0.717, 1.165) is 0 Å². The van der Waals surface area contributed by atoms with Gasteiger partial charge in [-0.15, -0.1) is 0 Å². The van der Waals surface area contributed by atoms with Crippen LogP contribution in [0.15, 0.2) is 4.90 Å². The zero-order valence-electron chi connectivity index (χ0n) is 11.5. The SMILES string of the molecule is CCC(CC(=O)O)NS(=O)(=O)c1c(C)nn(C)c1C. The Morgan fingerprint density at radius 2 is 2.05 bits per heavy atom. The molecule has 7 nitrogen and oxygen atoms in total. The smallest absolute Gasteiger partial charge is 0.304 e. The number of hydrogen-bond acceptors (Lipinski definition) is 4. The minimum atomic E-state index is -3.75. The summed E-state index contributed by atoms with van der Waals surface area (Å²) in [5.74, 6) is -1.03. The average Bonchev–Trinajstić information content (AvgIpc) is 2.51. The van der Waals surface area contributed by atoms with Crippen molar-refractivity contribution in [3.05, 3.63) is 11.4 Å². The summed E-state index contributed by atoms with van der Waals surface area (Å²) < 4.78 is 28.5. The van der Waals surface area contributed by atoms with Crippen LogP contribution >= 0.6 is 0 Å². The van der Waals surface area contributed by atoms with Crippen molar-refractivity contribution in [2.75, 3.05) is 0 Å². The summed E-state index contributed by atoms with van der Waals surface area (Å²) >= 11 is 0. The molecule has 0 amide bonds. The number of nitrogens with one attached hydrogen (secondary N) is 1. The number of nitrogens with zero attached hydrogens (tertiary/aromatic N) is 2. The minimum Gasteiger partial charge on any atom is -0.481 e. The van der Waals surface area contributed by atoms with E-state index in [1.165, 1.54) is 4.68 Å². The zero-order valence-corrected chi connectivity index (χ0v) is 12.3. The molecule has 0 spiro atoms. The number of aromatic nitrogens is 2. The second kappa shape index (κ2) is 5.70. The van der Waals surface area contributed by atoms with Crippen LogP contribution in [-0.4, -0.2) is 35.3 Å². The van der Waals surface area contributed by atoms with E-state index in [-0.39, 0.29) is 11.3 Å². The first-order valence-corrected chi connectivity index (χ1v) is 7.41. The Morgan fingerprint density at radius 3 is 2.42 bits per heavy atom. The lowest BCUT2D eigenvalue weighted by atomic mass is 10.2. The first-order valence-electron chi connectivity index (χ1n) is 5.93. The molecular formula is C11H19N3O4S. The summed E-state index contributed by atoms with van der Waals surface area (Å²) in [6.45, 7) is 5.01. The summed E-state index contributed by atoms with van der Waals surface area (Å²) in [7, 11) is -2.09. The van der Waals surface area contributed by atoms with Crippen LogP contribution < -0.4 is 4.72 Å².